The fraction of sp³-hybridized carbons (Fsp3) is 0.471. The van der Waals surface area contributed by atoms with Crippen molar-refractivity contribution >= 4 is 23.5 Å². The molecule has 1 heterocycles. The third-order valence-corrected chi connectivity index (χ3v) is 5.26. The summed E-state index contributed by atoms with van der Waals surface area (Å²) in [6.07, 6.45) is 3.15. The Hall–Kier alpha value is -2.17. The predicted molar refractivity (Wildman–Crippen MR) is 78.1 cm³/mol. The van der Waals surface area contributed by atoms with Gasteiger partial charge in [0.25, 0.3) is 0 Å². The number of anilines is 1. The van der Waals surface area contributed by atoms with Gasteiger partial charge in [0.2, 0.25) is 11.8 Å². The molecule has 4 unspecified atom stereocenters. The molecule has 114 valence electrons. The first kappa shape index (κ1) is 13.5. The average Bonchev–Trinajstić information content (AvgIpc) is 3.12. The molecule has 5 heteroatoms. The largest absolute Gasteiger partial charge is 0.427 e. The first-order valence-electron chi connectivity index (χ1n) is 7.72. The highest BCUT2D eigenvalue weighted by atomic mass is 16.5. The second kappa shape index (κ2) is 4.66. The van der Waals surface area contributed by atoms with Gasteiger partial charge in [0.1, 0.15) is 5.75 Å². The van der Waals surface area contributed by atoms with Crippen molar-refractivity contribution < 1.29 is 19.1 Å². The molecule has 4 rings (SSSR count). The number of esters is 1. The van der Waals surface area contributed by atoms with Crippen LogP contribution in [0.3, 0.4) is 0 Å². The van der Waals surface area contributed by atoms with Crippen molar-refractivity contribution in [1.82, 2.24) is 0 Å². The fourth-order valence-electron chi connectivity index (χ4n) is 4.52. The van der Waals surface area contributed by atoms with Crippen LogP contribution in [0, 0.1) is 23.7 Å². The number of hydrogen-bond acceptors (Lipinski definition) is 4. The van der Waals surface area contributed by atoms with E-state index < -0.39 is 5.97 Å². The molecule has 2 amide bonds. The molecule has 3 aliphatic rings. The second-order valence-corrected chi connectivity index (χ2v) is 6.49. The average molecular weight is 299 g/mol. The maximum atomic E-state index is 12.7. The lowest BCUT2D eigenvalue weighted by atomic mass is 9.81. The van der Waals surface area contributed by atoms with E-state index in [0.29, 0.717) is 23.3 Å². The summed E-state index contributed by atoms with van der Waals surface area (Å²) in [5.74, 6) is 0.231. The summed E-state index contributed by atoms with van der Waals surface area (Å²) in [5, 5.41) is 0. The summed E-state index contributed by atoms with van der Waals surface area (Å²) in [6.45, 7) is 1.32. The minimum absolute atomic E-state index is 0.0813. The maximum absolute atomic E-state index is 12.7. The van der Waals surface area contributed by atoms with Crippen LogP contribution in [0.1, 0.15) is 26.2 Å². The Morgan fingerprint density at radius 2 is 1.77 bits per heavy atom. The number of carbonyl (C=O) groups is 3. The number of carbonyl (C=O) groups excluding carboxylic acids is 3. The van der Waals surface area contributed by atoms with Crippen LogP contribution >= 0.6 is 0 Å². The molecule has 0 radical (unpaired) electrons. The molecule has 2 bridgehead atoms. The topological polar surface area (TPSA) is 63.7 Å². The molecule has 5 nitrogen and oxygen atoms in total. The molecule has 0 aromatic heterocycles. The highest BCUT2D eigenvalue weighted by Gasteiger charge is 2.61. The Morgan fingerprint density at radius 1 is 1.14 bits per heavy atom. The van der Waals surface area contributed by atoms with E-state index in [9.17, 15) is 14.4 Å². The summed E-state index contributed by atoms with van der Waals surface area (Å²) < 4.78 is 5.05. The van der Waals surface area contributed by atoms with E-state index >= 15 is 0 Å². The standard InChI is InChI=1S/C17H17NO4/c1-9(19)22-13-4-2-3-12(8-13)18-16(20)14-10-5-6-11(7-10)15(14)17(18)21/h2-4,8,10-11,14-15H,5-7H2,1H3. The highest BCUT2D eigenvalue weighted by molar-refractivity contribution is 6.22. The maximum Gasteiger partial charge on any atom is 0.308 e. The van der Waals surface area contributed by atoms with Crippen molar-refractivity contribution in [3.63, 3.8) is 0 Å². The molecule has 0 N–H and O–H groups in total. The van der Waals surface area contributed by atoms with Gasteiger partial charge in [-0.3, -0.25) is 14.4 Å². The van der Waals surface area contributed by atoms with Crippen molar-refractivity contribution in [2.24, 2.45) is 23.7 Å². The van der Waals surface area contributed by atoms with Gasteiger partial charge in [-0.15, -0.1) is 0 Å². The Kier molecular flexibility index (Phi) is 2.86. The van der Waals surface area contributed by atoms with E-state index in [1.165, 1.54) is 11.8 Å². The van der Waals surface area contributed by atoms with E-state index in [2.05, 4.69) is 0 Å². The van der Waals surface area contributed by atoms with Crippen LogP contribution < -0.4 is 9.64 Å². The molecule has 2 aliphatic carbocycles. The van der Waals surface area contributed by atoms with Crippen molar-refractivity contribution in [1.29, 1.82) is 0 Å². The molecule has 1 aromatic rings. The molecule has 4 atom stereocenters. The number of fused-ring (bicyclic) bond motifs is 5. The first-order valence-corrected chi connectivity index (χ1v) is 7.72. The van der Waals surface area contributed by atoms with Crippen LogP contribution in [0.5, 0.6) is 5.75 Å². The van der Waals surface area contributed by atoms with Crippen molar-refractivity contribution in [3.8, 4) is 5.75 Å². The Labute approximate surface area is 128 Å². The molecular formula is C17H17NO4. The van der Waals surface area contributed by atoms with E-state index in [-0.39, 0.29) is 23.7 Å². The molecule has 1 aromatic carbocycles. The zero-order valence-electron chi connectivity index (χ0n) is 12.3. The number of rotatable bonds is 2. The lowest BCUT2D eigenvalue weighted by Gasteiger charge is -2.19. The molecule has 0 spiro atoms. The lowest BCUT2D eigenvalue weighted by molar-refractivity contribution is -0.132. The van der Waals surface area contributed by atoms with Gasteiger partial charge in [0.05, 0.1) is 17.5 Å². The van der Waals surface area contributed by atoms with Crippen LogP contribution in [0.25, 0.3) is 0 Å². The van der Waals surface area contributed by atoms with Gasteiger partial charge in [0.15, 0.2) is 0 Å². The van der Waals surface area contributed by atoms with Crippen LogP contribution in [0.15, 0.2) is 24.3 Å². The molecule has 1 saturated heterocycles. The number of imide groups is 1. The zero-order chi connectivity index (χ0) is 15.4. The van der Waals surface area contributed by atoms with Crippen LogP contribution in [0.4, 0.5) is 5.69 Å². The summed E-state index contributed by atoms with van der Waals surface area (Å²) >= 11 is 0. The Morgan fingerprint density at radius 3 is 2.36 bits per heavy atom. The van der Waals surface area contributed by atoms with Crippen molar-refractivity contribution in [3.05, 3.63) is 24.3 Å². The Bertz CT molecular complexity index is 655. The quantitative estimate of drug-likeness (QED) is 0.477. The third-order valence-electron chi connectivity index (χ3n) is 5.26. The molecular weight excluding hydrogens is 282 g/mol. The molecule has 22 heavy (non-hydrogen) atoms. The van der Waals surface area contributed by atoms with E-state index in [0.717, 1.165) is 19.3 Å². The SMILES string of the molecule is CC(=O)Oc1cccc(N2C(=O)C3C4CCC(C4)C3C2=O)c1. The van der Waals surface area contributed by atoms with Gasteiger partial charge in [-0.1, -0.05) is 6.07 Å². The number of benzene rings is 1. The van der Waals surface area contributed by atoms with Gasteiger partial charge < -0.3 is 4.74 Å². The number of ether oxygens (including phenoxy) is 1. The fourth-order valence-corrected chi connectivity index (χ4v) is 4.52. The van der Waals surface area contributed by atoms with E-state index in [4.69, 9.17) is 4.74 Å². The minimum atomic E-state index is -0.425. The monoisotopic (exact) mass is 299 g/mol. The second-order valence-electron chi connectivity index (χ2n) is 6.49. The Balaban J connectivity index is 1.67. The van der Waals surface area contributed by atoms with Gasteiger partial charge in [-0.05, 0) is 43.2 Å². The highest BCUT2D eigenvalue weighted by Crippen LogP contribution is 2.56. The third kappa shape index (κ3) is 1.81. The minimum Gasteiger partial charge on any atom is -0.427 e. The summed E-state index contributed by atoms with van der Waals surface area (Å²) in [4.78, 5) is 37.8. The van der Waals surface area contributed by atoms with Crippen LogP contribution in [-0.4, -0.2) is 17.8 Å². The summed E-state index contributed by atoms with van der Waals surface area (Å²) in [6, 6.07) is 6.63. The smallest absolute Gasteiger partial charge is 0.308 e. The number of nitrogens with zero attached hydrogens (tertiary/aromatic N) is 1. The first-order chi connectivity index (χ1) is 10.6. The van der Waals surface area contributed by atoms with Crippen LogP contribution in [0.2, 0.25) is 0 Å². The zero-order valence-corrected chi connectivity index (χ0v) is 12.3. The van der Waals surface area contributed by atoms with Gasteiger partial charge >= 0.3 is 5.97 Å². The summed E-state index contributed by atoms with van der Waals surface area (Å²) in [5.41, 5.74) is 0.502. The molecule has 3 fully saturated rings. The summed E-state index contributed by atoms with van der Waals surface area (Å²) in [7, 11) is 0. The van der Waals surface area contributed by atoms with Gasteiger partial charge in [0, 0.05) is 13.0 Å². The van der Waals surface area contributed by atoms with Gasteiger partial charge in [-0.2, -0.15) is 0 Å². The van der Waals surface area contributed by atoms with E-state index in [1.54, 1.807) is 24.3 Å². The predicted octanol–water partition coefficient (Wildman–Crippen LogP) is 2.15. The normalized spacial score (nSPS) is 32.5. The number of amides is 2. The molecule has 2 saturated carbocycles. The van der Waals surface area contributed by atoms with E-state index in [1.807, 2.05) is 0 Å². The van der Waals surface area contributed by atoms with Crippen molar-refractivity contribution in [2.45, 2.75) is 26.2 Å². The van der Waals surface area contributed by atoms with Crippen molar-refractivity contribution in [2.75, 3.05) is 4.90 Å². The molecule has 1 aliphatic heterocycles. The van der Waals surface area contributed by atoms with Gasteiger partial charge in [-0.25, -0.2) is 4.90 Å². The van der Waals surface area contributed by atoms with Crippen LogP contribution in [-0.2, 0) is 14.4 Å². The lowest BCUT2D eigenvalue weighted by Crippen LogP contribution is -2.32. The number of hydrogen-bond donors (Lipinski definition) is 0.